The zero-order chi connectivity index (χ0) is 17.6. The number of esters is 2. The maximum Gasteiger partial charge on any atom is 0.384 e. The first-order valence-corrected chi connectivity index (χ1v) is 8.79. The number of rotatable bonds is 11. The van der Waals surface area contributed by atoms with Crippen LogP contribution in [0.4, 0.5) is 0 Å². The Morgan fingerprint density at radius 3 is 2.58 bits per heavy atom. The molecule has 0 aliphatic heterocycles. The zero-order valence-corrected chi connectivity index (χ0v) is 14.5. The van der Waals surface area contributed by atoms with E-state index in [1.54, 1.807) is 0 Å². The lowest BCUT2D eigenvalue weighted by molar-refractivity contribution is -0.144. The molecule has 132 valence electrons. The number of unbranched alkanes of at least 4 members (excludes halogenated alkanes) is 1. The molecular weight excluding hydrogens is 304 g/mol. The van der Waals surface area contributed by atoms with E-state index in [4.69, 9.17) is 15.9 Å². The van der Waals surface area contributed by atoms with E-state index in [1.807, 2.05) is 5.92 Å². The van der Waals surface area contributed by atoms with E-state index in [1.165, 1.54) is 0 Å². The number of ether oxygens (including phenoxy) is 2. The predicted molar refractivity (Wildman–Crippen MR) is 94.0 cm³/mol. The van der Waals surface area contributed by atoms with E-state index >= 15 is 0 Å². The van der Waals surface area contributed by atoms with Crippen LogP contribution in [0.25, 0.3) is 0 Å². The molecule has 0 N–H and O–H groups in total. The largest absolute Gasteiger partial charge is 0.466 e. The van der Waals surface area contributed by atoms with Gasteiger partial charge in [0.15, 0.2) is 0 Å². The minimum absolute atomic E-state index is 0.149. The number of terminal acetylenes is 1. The normalized spacial score (nSPS) is 17.1. The summed E-state index contributed by atoms with van der Waals surface area (Å²) in [6.45, 7) is 2.84. The molecule has 1 rings (SSSR count). The summed E-state index contributed by atoms with van der Waals surface area (Å²) in [5.74, 6) is 2.31. The molecule has 24 heavy (non-hydrogen) atoms. The van der Waals surface area contributed by atoms with Crippen LogP contribution in [0, 0.1) is 24.2 Å². The summed E-state index contributed by atoms with van der Waals surface area (Å²) in [7, 11) is 0. The summed E-state index contributed by atoms with van der Waals surface area (Å²) in [5.41, 5.74) is 0. The maximum absolute atomic E-state index is 11.7. The van der Waals surface area contributed by atoms with Gasteiger partial charge in [-0.2, -0.15) is 0 Å². The lowest BCUT2D eigenvalue weighted by Crippen LogP contribution is -2.14. The van der Waals surface area contributed by atoms with Gasteiger partial charge >= 0.3 is 11.9 Å². The Morgan fingerprint density at radius 1 is 1.21 bits per heavy atom. The molecule has 2 atom stereocenters. The van der Waals surface area contributed by atoms with E-state index in [9.17, 15) is 9.59 Å². The standard InChI is InChI=1S/C20H28O4/c1-3-17(18-11-6-5-7-12-18)13-10-14-20(22)24-16-9-8-15-23-19(21)4-2/h2,5-7,11,17-18H,3,8-10,12-16H2,1H3. The highest BCUT2D eigenvalue weighted by molar-refractivity contribution is 5.87. The Kier molecular flexibility index (Phi) is 10.4. The molecule has 1 aliphatic rings. The number of hydrogen-bond acceptors (Lipinski definition) is 4. The van der Waals surface area contributed by atoms with Gasteiger partial charge in [0.25, 0.3) is 0 Å². The molecule has 0 aromatic rings. The van der Waals surface area contributed by atoms with Crippen molar-refractivity contribution in [2.45, 2.75) is 51.9 Å². The number of allylic oxidation sites excluding steroid dienone is 4. The first-order valence-electron chi connectivity index (χ1n) is 8.79. The van der Waals surface area contributed by atoms with Crippen LogP contribution >= 0.6 is 0 Å². The summed E-state index contributed by atoms with van der Waals surface area (Å²) in [6.07, 6.45) is 19.5. The van der Waals surface area contributed by atoms with Gasteiger partial charge in [0.05, 0.1) is 13.2 Å². The smallest absolute Gasteiger partial charge is 0.384 e. The van der Waals surface area contributed by atoms with Crippen LogP contribution in [0.3, 0.4) is 0 Å². The lowest BCUT2D eigenvalue weighted by Gasteiger charge is -2.23. The summed E-state index contributed by atoms with van der Waals surface area (Å²) in [4.78, 5) is 22.4. The topological polar surface area (TPSA) is 52.6 Å². The SMILES string of the molecule is C#CC(=O)OCCCCOC(=O)CCCC(CC)C1C=CC=CC1. The third kappa shape index (κ3) is 8.57. The van der Waals surface area contributed by atoms with Crippen LogP contribution in [0.1, 0.15) is 51.9 Å². The Balaban J connectivity index is 2.05. The zero-order valence-electron chi connectivity index (χ0n) is 14.5. The van der Waals surface area contributed by atoms with Gasteiger partial charge in [-0.3, -0.25) is 4.79 Å². The first kappa shape index (κ1) is 20.0. The van der Waals surface area contributed by atoms with Gasteiger partial charge in [0.1, 0.15) is 0 Å². The molecule has 0 heterocycles. The van der Waals surface area contributed by atoms with Gasteiger partial charge < -0.3 is 9.47 Å². The number of carbonyl (C=O) groups is 2. The van der Waals surface area contributed by atoms with Gasteiger partial charge in [-0.1, -0.05) is 37.6 Å². The van der Waals surface area contributed by atoms with E-state index < -0.39 is 5.97 Å². The Bertz CT molecular complexity index is 484. The molecule has 1 aliphatic carbocycles. The second kappa shape index (κ2) is 12.4. The van der Waals surface area contributed by atoms with Crippen molar-refractivity contribution in [2.75, 3.05) is 13.2 Å². The highest BCUT2D eigenvalue weighted by Crippen LogP contribution is 2.28. The van der Waals surface area contributed by atoms with Crippen molar-refractivity contribution in [3.8, 4) is 12.3 Å². The van der Waals surface area contributed by atoms with Gasteiger partial charge in [0.2, 0.25) is 0 Å². The molecule has 0 spiro atoms. The van der Waals surface area contributed by atoms with Crippen molar-refractivity contribution in [1.29, 1.82) is 0 Å². The minimum Gasteiger partial charge on any atom is -0.466 e. The van der Waals surface area contributed by atoms with E-state index in [-0.39, 0.29) is 12.6 Å². The Morgan fingerprint density at radius 2 is 1.96 bits per heavy atom. The van der Waals surface area contributed by atoms with Crippen LogP contribution < -0.4 is 0 Å². The van der Waals surface area contributed by atoms with Crippen molar-refractivity contribution in [2.24, 2.45) is 11.8 Å². The molecule has 4 heteroatoms. The van der Waals surface area contributed by atoms with Crippen molar-refractivity contribution >= 4 is 11.9 Å². The molecule has 2 unspecified atom stereocenters. The fourth-order valence-electron chi connectivity index (χ4n) is 2.85. The van der Waals surface area contributed by atoms with Gasteiger partial charge in [-0.25, -0.2) is 4.79 Å². The van der Waals surface area contributed by atoms with Gasteiger partial charge in [-0.15, -0.1) is 6.42 Å². The monoisotopic (exact) mass is 332 g/mol. The van der Waals surface area contributed by atoms with Crippen molar-refractivity contribution in [1.82, 2.24) is 0 Å². The molecule has 0 bridgehead atoms. The van der Waals surface area contributed by atoms with Crippen LogP contribution in [0.2, 0.25) is 0 Å². The molecule has 0 radical (unpaired) electrons. The predicted octanol–water partition coefficient (Wildman–Crippen LogP) is 3.82. The lowest BCUT2D eigenvalue weighted by atomic mass is 9.82. The first-order chi connectivity index (χ1) is 11.7. The van der Waals surface area contributed by atoms with Gasteiger partial charge in [-0.05, 0) is 43.9 Å². The third-order valence-corrected chi connectivity index (χ3v) is 4.25. The second-order valence-corrected chi connectivity index (χ2v) is 5.98. The fraction of sp³-hybridized carbons (Fsp3) is 0.600. The van der Waals surface area contributed by atoms with Crippen molar-refractivity contribution < 1.29 is 19.1 Å². The van der Waals surface area contributed by atoms with Crippen LogP contribution in [-0.2, 0) is 19.1 Å². The van der Waals surface area contributed by atoms with E-state index in [0.29, 0.717) is 37.7 Å². The van der Waals surface area contributed by atoms with Crippen LogP contribution in [0.5, 0.6) is 0 Å². The minimum atomic E-state index is -0.652. The van der Waals surface area contributed by atoms with Gasteiger partial charge in [0, 0.05) is 12.3 Å². The number of hydrogen-bond donors (Lipinski definition) is 0. The summed E-state index contributed by atoms with van der Waals surface area (Å²) >= 11 is 0. The van der Waals surface area contributed by atoms with Crippen LogP contribution in [0.15, 0.2) is 24.3 Å². The highest BCUT2D eigenvalue weighted by Gasteiger charge is 2.17. The quantitative estimate of drug-likeness (QED) is 0.250. The van der Waals surface area contributed by atoms with Crippen LogP contribution in [-0.4, -0.2) is 25.2 Å². The maximum atomic E-state index is 11.7. The molecular formula is C20H28O4. The molecule has 0 fully saturated rings. The van der Waals surface area contributed by atoms with Crippen molar-refractivity contribution in [3.05, 3.63) is 24.3 Å². The van der Waals surface area contributed by atoms with E-state index in [0.717, 1.165) is 25.7 Å². The molecule has 0 saturated heterocycles. The Hall–Kier alpha value is -2.02. The average molecular weight is 332 g/mol. The number of carbonyl (C=O) groups excluding carboxylic acids is 2. The second-order valence-electron chi connectivity index (χ2n) is 5.98. The molecule has 4 nitrogen and oxygen atoms in total. The molecule has 0 saturated carbocycles. The third-order valence-electron chi connectivity index (χ3n) is 4.25. The highest BCUT2D eigenvalue weighted by atomic mass is 16.5. The molecule has 0 aromatic heterocycles. The summed E-state index contributed by atoms with van der Waals surface area (Å²) < 4.78 is 9.93. The van der Waals surface area contributed by atoms with E-state index in [2.05, 4.69) is 31.2 Å². The summed E-state index contributed by atoms with van der Waals surface area (Å²) in [5, 5.41) is 0. The van der Waals surface area contributed by atoms with Crippen molar-refractivity contribution in [3.63, 3.8) is 0 Å². The molecule has 0 aromatic carbocycles. The fourth-order valence-corrected chi connectivity index (χ4v) is 2.85. The Labute approximate surface area is 145 Å². The molecule has 0 amide bonds. The summed E-state index contributed by atoms with van der Waals surface area (Å²) in [6, 6.07) is 0. The average Bonchev–Trinajstić information content (AvgIpc) is 2.62.